The quantitative estimate of drug-likeness (QED) is 0.0695. The molecule has 2 saturated heterocycles. The third-order valence-corrected chi connectivity index (χ3v) is 8.54. The van der Waals surface area contributed by atoms with Crippen molar-refractivity contribution in [2.45, 2.75) is 50.2 Å². The van der Waals surface area contributed by atoms with Crippen LogP contribution in [0.5, 0.6) is 0 Å². The van der Waals surface area contributed by atoms with Crippen LogP contribution in [0.4, 0.5) is 11.6 Å². The summed E-state index contributed by atoms with van der Waals surface area (Å²) in [5.41, 5.74) is 13.4. The second kappa shape index (κ2) is 11.6. The highest BCUT2D eigenvalue weighted by molar-refractivity contribution is 8.44. The third-order valence-electron chi connectivity index (χ3n) is 6.45. The minimum Gasteiger partial charge on any atom is -0.382 e. The van der Waals surface area contributed by atoms with Crippen molar-refractivity contribution in [2.75, 3.05) is 18.1 Å². The maximum atomic E-state index is 11.7. The molecular formula is C19H24N10O9P2S2. The second-order valence-corrected chi connectivity index (χ2v) is 14.6. The van der Waals surface area contributed by atoms with Gasteiger partial charge in [-0.05, 0) is 18.2 Å². The molecule has 0 aliphatic carbocycles. The van der Waals surface area contributed by atoms with Gasteiger partial charge < -0.3 is 35.3 Å². The summed E-state index contributed by atoms with van der Waals surface area (Å²) in [5.74, 6) is 0.412. The van der Waals surface area contributed by atoms with Gasteiger partial charge in [-0.25, -0.2) is 34.5 Å². The zero-order valence-electron chi connectivity index (χ0n) is 21.3. The lowest BCUT2D eigenvalue weighted by Crippen LogP contribution is -2.28. The molecule has 2 aliphatic heterocycles. The first kappa shape index (κ1) is 29.7. The summed E-state index contributed by atoms with van der Waals surface area (Å²) in [5, 5.41) is 0. The van der Waals surface area contributed by atoms with E-state index in [1.165, 1.54) is 25.3 Å². The van der Waals surface area contributed by atoms with Crippen LogP contribution in [0.3, 0.4) is 0 Å². The highest BCUT2D eigenvalue weighted by Gasteiger charge is 2.42. The summed E-state index contributed by atoms with van der Waals surface area (Å²) in [4.78, 5) is 50.3. The molecule has 4 aromatic rings. The number of aromatic nitrogens is 8. The average Bonchev–Trinajstić information content (AvgIpc) is 3.71. The number of imidazole rings is 2. The molecule has 7 atom stereocenters. The van der Waals surface area contributed by atoms with E-state index in [-0.39, 0.29) is 18.1 Å². The first-order valence-electron chi connectivity index (χ1n) is 12.2. The second-order valence-electron chi connectivity index (χ2n) is 9.20. The van der Waals surface area contributed by atoms with Crippen molar-refractivity contribution in [3.05, 3.63) is 25.3 Å². The lowest BCUT2D eigenvalue weighted by Gasteiger charge is -2.23. The van der Waals surface area contributed by atoms with E-state index in [0.717, 1.165) is 0 Å². The highest BCUT2D eigenvalue weighted by atomic mass is 32.7. The summed E-state index contributed by atoms with van der Waals surface area (Å²) in [6, 6.07) is 0. The van der Waals surface area contributed by atoms with Crippen molar-refractivity contribution in [1.82, 2.24) is 39.0 Å². The largest absolute Gasteiger partial charge is 0.383 e. The molecular weight excluding hydrogens is 638 g/mol. The molecule has 42 heavy (non-hydrogen) atoms. The van der Waals surface area contributed by atoms with Gasteiger partial charge in [-0.2, -0.15) is 4.89 Å². The number of anilines is 2. The van der Waals surface area contributed by atoms with E-state index in [4.69, 9.17) is 51.4 Å². The number of nitrogens with two attached hydrogens (primary N) is 2. The van der Waals surface area contributed by atoms with Crippen LogP contribution in [0.2, 0.25) is 0 Å². The van der Waals surface area contributed by atoms with Crippen molar-refractivity contribution < 1.29 is 42.4 Å². The SMILES string of the molecule is Nc1ncnc2c1ncn2[C@H]1CC[C@@H](OOP(O)(=S)O[C@H]2C[C@H](n3cnc4c(N)ncnc43)O[C@@H]2COP(=O)(O)S)O1. The molecule has 19 nitrogen and oxygen atoms in total. The number of rotatable bonds is 10. The standard InChI is InChI=1S/C19H24N10O9P2S2/c20-16-14-18(24-5-22-16)28(7-26-14)11-1-2-13(35-11)36-38-40(32,42)37-9-3-12(34-10(9)4-33-39(30,31)41)29-8-27-15-17(21)23-6-25-19(15)29/h5-13H,1-4H2,(H,32,42)(H2,20,22,24)(H2,21,23,25)(H2,30,31,41)/t9-,10+,11+,12+,13+,40?/m0/s1. The molecule has 6 heterocycles. The summed E-state index contributed by atoms with van der Waals surface area (Å²) in [6.07, 6.45) is 2.46. The Morgan fingerprint density at radius 2 is 1.60 bits per heavy atom. The monoisotopic (exact) mass is 662 g/mol. The summed E-state index contributed by atoms with van der Waals surface area (Å²) >= 11 is 8.70. The van der Waals surface area contributed by atoms with Gasteiger partial charge in [0.1, 0.15) is 48.4 Å². The molecule has 0 bridgehead atoms. The van der Waals surface area contributed by atoms with Crippen molar-refractivity contribution in [3.8, 4) is 0 Å². The van der Waals surface area contributed by atoms with Crippen LogP contribution in [-0.4, -0.2) is 73.9 Å². The Bertz CT molecular complexity index is 1710. The molecule has 23 heteroatoms. The average molecular weight is 663 g/mol. The Morgan fingerprint density at radius 1 is 0.976 bits per heavy atom. The lowest BCUT2D eigenvalue weighted by atomic mass is 10.2. The fraction of sp³-hybridized carbons (Fsp3) is 0.474. The van der Waals surface area contributed by atoms with E-state index in [9.17, 15) is 14.4 Å². The molecule has 2 aliphatic rings. The number of hydrogen-bond donors (Lipinski definition) is 5. The minimum absolute atomic E-state index is 0.0920. The zero-order chi connectivity index (χ0) is 29.6. The predicted octanol–water partition coefficient (Wildman–Crippen LogP) is 1.35. The first-order chi connectivity index (χ1) is 20.0. The van der Waals surface area contributed by atoms with E-state index in [2.05, 4.69) is 42.2 Å². The molecule has 6 N–H and O–H groups in total. The van der Waals surface area contributed by atoms with Gasteiger partial charge in [0.2, 0.25) is 0 Å². The van der Waals surface area contributed by atoms with Crippen molar-refractivity contribution in [3.63, 3.8) is 0 Å². The predicted molar refractivity (Wildman–Crippen MR) is 149 cm³/mol. The van der Waals surface area contributed by atoms with Gasteiger partial charge in [0.05, 0.1) is 19.3 Å². The van der Waals surface area contributed by atoms with Crippen LogP contribution < -0.4 is 11.5 Å². The molecule has 0 spiro atoms. The number of fused-ring (bicyclic) bond motifs is 2. The summed E-state index contributed by atoms with van der Waals surface area (Å²) in [6.45, 7) is -8.64. The first-order valence-corrected chi connectivity index (χ1v) is 17.5. The van der Waals surface area contributed by atoms with E-state index in [1.54, 1.807) is 9.13 Å². The Hall–Kier alpha value is -2.39. The Kier molecular flexibility index (Phi) is 8.20. The molecule has 4 aromatic heterocycles. The van der Waals surface area contributed by atoms with Crippen LogP contribution in [0.1, 0.15) is 31.7 Å². The van der Waals surface area contributed by atoms with Crippen LogP contribution in [0.15, 0.2) is 25.3 Å². The maximum Gasteiger partial charge on any atom is 0.383 e. The van der Waals surface area contributed by atoms with Crippen LogP contribution in [0.25, 0.3) is 22.3 Å². The van der Waals surface area contributed by atoms with E-state index in [0.29, 0.717) is 35.2 Å². The molecule has 6 rings (SSSR count). The van der Waals surface area contributed by atoms with Gasteiger partial charge in [0.25, 0.3) is 0 Å². The maximum absolute atomic E-state index is 11.7. The fourth-order valence-corrected chi connectivity index (χ4v) is 6.40. The molecule has 2 fully saturated rings. The third kappa shape index (κ3) is 6.28. The van der Waals surface area contributed by atoms with Gasteiger partial charge in [0.15, 0.2) is 29.2 Å². The van der Waals surface area contributed by atoms with Crippen molar-refractivity contribution in [1.29, 1.82) is 0 Å². The number of nitrogen functional groups attached to an aromatic ring is 2. The molecule has 2 unspecified atom stereocenters. The fourth-order valence-electron chi connectivity index (χ4n) is 4.62. The minimum atomic E-state index is -4.16. The van der Waals surface area contributed by atoms with Crippen molar-refractivity contribution >= 4 is 71.5 Å². The normalized spacial score (nSPS) is 27.5. The summed E-state index contributed by atoms with van der Waals surface area (Å²) < 4.78 is 42.6. The highest BCUT2D eigenvalue weighted by Crippen LogP contribution is 2.52. The van der Waals surface area contributed by atoms with Gasteiger partial charge >= 0.3 is 13.5 Å². The molecule has 0 saturated carbocycles. The lowest BCUT2D eigenvalue weighted by molar-refractivity contribution is -0.323. The number of thiol groups is 1. The van der Waals surface area contributed by atoms with E-state index >= 15 is 0 Å². The van der Waals surface area contributed by atoms with E-state index in [1.807, 2.05) is 0 Å². The number of ether oxygens (including phenoxy) is 2. The van der Waals surface area contributed by atoms with Crippen LogP contribution in [0, 0.1) is 0 Å². The summed E-state index contributed by atoms with van der Waals surface area (Å²) in [7, 11) is 0. The molecule has 0 aromatic carbocycles. The van der Waals surface area contributed by atoms with Gasteiger partial charge in [0, 0.05) is 12.8 Å². The van der Waals surface area contributed by atoms with Crippen molar-refractivity contribution in [2.24, 2.45) is 0 Å². The molecule has 226 valence electrons. The smallest absolute Gasteiger partial charge is 0.382 e. The molecule has 0 radical (unpaired) electrons. The van der Waals surface area contributed by atoms with Crippen LogP contribution in [-0.2, 0) is 44.5 Å². The van der Waals surface area contributed by atoms with Crippen LogP contribution >= 0.6 is 25.8 Å². The Balaban J connectivity index is 1.11. The topological polar surface area (TPSA) is 252 Å². The number of nitrogens with zero attached hydrogens (tertiary/aromatic N) is 8. The van der Waals surface area contributed by atoms with Gasteiger partial charge in [-0.1, -0.05) is 12.2 Å². The van der Waals surface area contributed by atoms with Gasteiger partial charge in [-0.3, -0.25) is 13.7 Å². The van der Waals surface area contributed by atoms with Gasteiger partial charge in [-0.15, -0.1) is 4.67 Å². The zero-order valence-corrected chi connectivity index (χ0v) is 24.8. The van der Waals surface area contributed by atoms with E-state index < -0.39 is 51.1 Å². The number of hydrogen-bond acceptors (Lipinski definition) is 16. The Morgan fingerprint density at radius 3 is 2.21 bits per heavy atom. The Labute approximate surface area is 246 Å². The molecule has 0 amide bonds.